The van der Waals surface area contributed by atoms with Crippen LogP contribution < -0.4 is 10.1 Å². The van der Waals surface area contributed by atoms with Crippen molar-refractivity contribution in [1.29, 1.82) is 0 Å². The average molecular weight is 836 g/mol. The van der Waals surface area contributed by atoms with Crippen LogP contribution in [-0.4, -0.2) is 145 Å². The maximum Gasteiger partial charge on any atom is 0.338 e. The highest BCUT2D eigenvalue weighted by molar-refractivity contribution is 5.89. The fourth-order valence-electron chi connectivity index (χ4n) is 5.53. The standard InChI is InChI=1S/C46H77NO12/c1-3-5-7-8-9-10-11-12-42-13-19-45(20-14-42)58-40-38-56-36-34-54-32-30-52-28-26-50-24-22-49-23-25-51-27-29-53-31-33-55-35-37-57-39-41-59-46(48)43-15-17-44(18-16-43)47-21-6-4-2/h13-20,47H,3-12,21-41H2,1-2H3. The number of anilines is 1. The lowest BCUT2D eigenvalue weighted by Gasteiger charge is -2.09. The third kappa shape index (κ3) is 32.6. The molecule has 2 rings (SSSR count). The quantitative estimate of drug-likeness (QED) is 0.0521. The highest BCUT2D eigenvalue weighted by Crippen LogP contribution is 2.15. The Kier molecular flexibility index (Phi) is 35.9. The fraction of sp³-hybridized carbons (Fsp3) is 0.717. The van der Waals surface area contributed by atoms with E-state index >= 15 is 0 Å². The number of esters is 1. The van der Waals surface area contributed by atoms with Crippen LogP contribution >= 0.6 is 0 Å². The van der Waals surface area contributed by atoms with E-state index in [1.54, 1.807) is 12.1 Å². The van der Waals surface area contributed by atoms with Gasteiger partial charge in [-0.25, -0.2) is 4.79 Å². The number of rotatable bonds is 44. The maximum absolute atomic E-state index is 12.2. The molecule has 2 aromatic rings. The molecule has 0 aliphatic rings. The molecule has 1 N–H and O–H groups in total. The highest BCUT2D eigenvalue weighted by atomic mass is 16.6. The summed E-state index contributed by atoms with van der Waals surface area (Å²) in [7, 11) is 0. The van der Waals surface area contributed by atoms with E-state index in [9.17, 15) is 4.79 Å². The molecule has 0 saturated carbocycles. The molecule has 0 fully saturated rings. The van der Waals surface area contributed by atoms with Crippen molar-refractivity contribution < 1.29 is 56.9 Å². The third-order valence-electron chi connectivity index (χ3n) is 8.91. The summed E-state index contributed by atoms with van der Waals surface area (Å²) in [5.74, 6) is 0.523. The van der Waals surface area contributed by atoms with Gasteiger partial charge in [-0.1, -0.05) is 70.9 Å². The largest absolute Gasteiger partial charge is 0.491 e. The van der Waals surface area contributed by atoms with Crippen LogP contribution in [0, 0.1) is 0 Å². The van der Waals surface area contributed by atoms with Gasteiger partial charge in [0.25, 0.3) is 0 Å². The molecule has 0 radical (unpaired) electrons. The lowest BCUT2D eigenvalue weighted by atomic mass is 10.0. The number of carbonyl (C=O) groups is 1. The molecule has 0 atom stereocenters. The smallest absolute Gasteiger partial charge is 0.338 e. The van der Waals surface area contributed by atoms with Crippen molar-refractivity contribution in [3.63, 3.8) is 0 Å². The van der Waals surface area contributed by atoms with Crippen LogP contribution in [-0.2, 0) is 53.8 Å². The molecule has 2 aromatic carbocycles. The third-order valence-corrected chi connectivity index (χ3v) is 8.91. The van der Waals surface area contributed by atoms with Gasteiger partial charge in [0.15, 0.2) is 0 Å². The lowest BCUT2D eigenvalue weighted by Crippen LogP contribution is -2.15. The summed E-state index contributed by atoms with van der Waals surface area (Å²) in [6.45, 7) is 14.7. The molecule has 0 aromatic heterocycles. The van der Waals surface area contributed by atoms with Gasteiger partial charge < -0.3 is 57.4 Å². The van der Waals surface area contributed by atoms with Crippen molar-refractivity contribution >= 4 is 11.7 Å². The Hall–Kier alpha value is -2.85. The van der Waals surface area contributed by atoms with E-state index in [1.807, 2.05) is 12.1 Å². The molecular weight excluding hydrogens is 759 g/mol. The van der Waals surface area contributed by atoms with E-state index in [0.717, 1.165) is 37.2 Å². The van der Waals surface area contributed by atoms with Gasteiger partial charge in [-0.05, 0) is 61.2 Å². The number of nitrogens with one attached hydrogen (secondary N) is 1. The minimum absolute atomic E-state index is 0.190. The summed E-state index contributed by atoms with van der Waals surface area (Å²) in [5, 5.41) is 3.32. The van der Waals surface area contributed by atoms with E-state index in [-0.39, 0.29) is 12.6 Å². The predicted octanol–water partition coefficient (Wildman–Crippen LogP) is 7.58. The van der Waals surface area contributed by atoms with Crippen LogP contribution in [0.15, 0.2) is 48.5 Å². The van der Waals surface area contributed by atoms with Crippen molar-refractivity contribution in [2.24, 2.45) is 0 Å². The number of carbonyl (C=O) groups excluding carboxylic acids is 1. The van der Waals surface area contributed by atoms with Gasteiger partial charge >= 0.3 is 5.97 Å². The SMILES string of the molecule is CCCCCCCCCc1ccc(OCCOCCOCCOCCOCCOCCOCCOCCOCCOCCOC(=O)c2ccc(NCCCC)cc2)cc1. The molecule has 59 heavy (non-hydrogen) atoms. The first-order valence-corrected chi connectivity index (χ1v) is 22.1. The topological polar surface area (TPSA) is 131 Å². The first kappa shape index (κ1) is 52.3. The first-order valence-electron chi connectivity index (χ1n) is 22.1. The summed E-state index contributed by atoms with van der Waals surface area (Å²) < 4.78 is 60.8. The zero-order valence-corrected chi connectivity index (χ0v) is 36.4. The van der Waals surface area contributed by atoms with Crippen LogP contribution in [0.2, 0.25) is 0 Å². The van der Waals surface area contributed by atoms with E-state index in [1.165, 1.54) is 50.5 Å². The van der Waals surface area contributed by atoms with E-state index in [0.29, 0.717) is 131 Å². The number of hydrogen-bond acceptors (Lipinski definition) is 13. The van der Waals surface area contributed by atoms with Crippen molar-refractivity contribution in [2.75, 3.05) is 144 Å². The van der Waals surface area contributed by atoms with Crippen molar-refractivity contribution in [3.8, 4) is 5.75 Å². The average Bonchev–Trinajstić information content (AvgIpc) is 3.26. The zero-order chi connectivity index (χ0) is 41.9. The minimum Gasteiger partial charge on any atom is -0.491 e. The second-order valence-electron chi connectivity index (χ2n) is 13.9. The van der Waals surface area contributed by atoms with Gasteiger partial charge in [0.2, 0.25) is 0 Å². The van der Waals surface area contributed by atoms with Gasteiger partial charge in [-0.15, -0.1) is 0 Å². The molecular formula is C46H77NO12. The van der Waals surface area contributed by atoms with Crippen molar-refractivity contribution in [1.82, 2.24) is 0 Å². The Labute approximate surface area is 355 Å². The molecule has 338 valence electrons. The molecule has 0 unspecified atom stereocenters. The van der Waals surface area contributed by atoms with Crippen LogP contribution in [0.4, 0.5) is 5.69 Å². The second-order valence-corrected chi connectivity index (χ2v) is 13.9. The fourth-order valence-corrected chi connectivity index (χ4v) is 5.53. The normalized spacial score (nSPS) is 11.3. The van der Waals surface area contributed by atoms with Crippen molar-refractivity contribution in [2.45, 2.75) is 78.1 Å². The van der Waals surface area contributed by atoms with Gasteiger partial charge in [0.1, 0.15) is 19.0 Å². The van der Waals surface area contributed by atoms with Gasteiger partial charge in [-0.2, -0.15) is 0 Å². The molecule has 0 aliphatic carbocycles. The Bertz CT molecular complexity index is 1190. The Morgan fingerprint density at radius 2 is 0.814 bits per heavy atom. The van der Waals surface area contributed by atoms with Crippen molar-refractivity contribution in [3.05, 3.63) is 59.7 Å². The molecule has 13 heteroatoms. The molecule has 13 nitrogen and oxygen atoms in total. The van der Waals surface area contributed by atoms with E-state index in [2.05, 4.69) is 43.4 Å². The Morgan fingerprint density at radius 3 is 1.25 bits per heavy atom. The van der Waals surface area contributed by atoms with E-state index in [4.69, 9.17) is 52.1 Å². The Morgan fingerprint density at radius 1 is 0.424 bits per heavy atom. The minimum atomic E-state index is -0.360. The summed E-state index contributed by atoms with van der Waals surface area (Å²) in [6.07, 6.45) is 12.7. The van der Waals surface area contributed by atoms with Crippen LogP contribution in [0.1, 0.15) is 87.6 Å². The second kappa shape index (κ2) is 40.6. The highest BCUT2D eigenvalue weighted by Gasteiger charge is 2.07. The molecule has 0 bridgehead atoms. The number of ether oxygens (including phenoxy) is 11. The van der Waals surface area contributed by atoms with E-state index < -0.39 is 0 Å². The summed E-state index contributed by atoms with van der Waals surface area (Å²) in [6, 6.07) is 15.7. The zero-order valence-electron chi connectivity index (χ0n) is 36.4. The Balaban J connectivity index is 1.20. The van der Waals surface area contributed by atoms with Gasteiger partial charge in [0.05, 0.1) is 124 Å². The molecule has 0 aliphatic heterocycles. The molecule has 0 saturated heterocycles. The maximum atomic E-state index is 12.2. The molecule has 0 heterocycles. The summed E-state index contributed by atoms with van der Waals surface area (Å²) in [4.78, 5) is 12.2. The van der Waals surface area contributed by atoms with Gasteiger partial charge in [-0.3, -0.25) is 0 Å². The van der Waals surface area contributed by atoms with Gasteiger partial charge in [0, 0.05) is 12.2 Å². The summed E-state index contributed by atoms with van der Waals surface area (Å²) in [5.41, 5.74) is 2.89. The summed E-state index contributed by atoms with van der Waals surface area (Å²) >= 11 is 0. The van der Waals surface area contributed by atoms with Crippen LogP contribution in [0.25, 0.3) is 0 Å². The number of hydrogen-bond donors (Lipinski definition) is 1. The number of benzene rings is 2. The molecule has 0 amide bonds. The number of aryl methyl sites for hydroxylation is 1. The monoisotopic (exact) mass is 836 g/mol. The predicted molar refractivity (Wildman–Crippen MR) is 231 cm³/mol. The lowest BCUT2D eigenvalue weighted by molar-refractivity contribution is -0.0262. The first-order chi connectivity index (χ1) is 29.2. The number of unbranched alkanes of at least 4 members (excludes halogenated alkanes) is 7. The van der Waals surface area contributed by atoms with Crippen LogP contribution in [0.5, 0.6) is 5.75 Å². The van der Waals surface area contributed by atoms with Crippen LogP contribution in [0.3, 0.4) is 0 Å². The molecule has 0 spiro atoms.